The summed E-state index contributed by atoms with van der Waals surface area (Å²) in [6.07, 6.45) is 0. The molecule has 3 aromatic carbocycles. The van der Waals surface area contributed by atoms with Crippen molar-refractivity contribution in [1.29, 1.82) is 0 Å². The molecule has 0 saturated carbocycles. The minimum atomic E-state index is -0.314. The Bertz CT molecular complexity index is 1120. The molecule has 8 heteroatoms. The van der Waals surface area contributed by atoms with Gasteiger partial charge in [0.1, 0.15) is 17.4 Å². The van der Waals surface area contributed by atoms with Crippen LogP contribution in [0.3, 0.4) is 0 Å². The molecule has 0 N–H and O–H groups in total. The zero-order chi connectivity index (χ0) is 24.9. The summed E-state index contributed by atoms with van der Waals surface area (Å²) in [7, 11) is 4.55. The predicted octanol–water partition coefficient (Wildman–Crippen LogP) is 4.54. The smallest absolute Gasteiger partial charge is 0.257 e. The van der Waals surface area contributed by atoms with Crippen LogP contribution in [0, 0.1) is 11.6 Å². The first kappa shape index (κ1) is 24.5. The summed E-state index contributed by atoms with van der Waals surface area (Å²) in [5.74, 6) is 0.542. The molecule has 35 heavy (non-hydrogen) atoms. The Kier molecular flexibility index (Phi) is 7.51. The van der Waals surface area contributed by atoms with Crippen LogP contribution in [-0.4, -0.2) is 63.2 Å². The monoisotopic (exact) mass is 482 g/mol. The van der Waals surface area contributed by atoms with Gasteiger partial charge in [-0.3, -0.25) is 9.69 Å². The third-order valence-electron chi connectivity index (χ3n) is 6.27. The number of halogens is 2. The summed E-state index contributed by atoms with van der Waals surface area (Å²) in [5.41, 5.74) is 2.20. The Balaban J connectivity index is 1.56. The number of amides is 1. The Morgan fingerprint density at radius 2 is 1.17 bits per heavy atom. The van der Waals surface area contributed by atoms with Crippen molar-refractivity contribution in [3.8, 4) is 17.2 Å². The van der Waals surface area contributed by atoms with Crippen LogP contribution < -0.4 is 14.2 Å². The summed E-state index contributed by atoms with van der Waals surface area (Å²) < 4.78 is 43.3. The number of carbonyl (C=O) groups excluding carboxylic acids is 1. The molecule has 1 fully saturated rings. The molecule has 0 aromatic heterocycles. The lowest BCUT2D eigenvalue weighted by Crippen LogP contribution is -2.50. The largest absolute Gasteiger partial charge is 0.496 e. The Morgan fingerprint density at radius 3 is 1.63 bits per heavy atom. The molecule has 0 radical (unpaired) electrons. The summed E-state index contributed by atoms with van der Waals surface area (Å²) in [6.45, 7) is 2.13. The number of hydrogen-bond donors (Lipinski definition) is 0. The van der Waals surface area contributed by atoms with E-state index in [-0.39, 0.29) is 23.6 Å². The lowest BCUT2D eigenvalue weighted by Gasteiger charge is -2.40. The molecule has 1 heterocycles. The molecular formula is C27H28F2N2O4. The Labute approximate surface area is 203 Å². The van der Waals surface area contributed by atoms with Gasteiger partial charge in [-0.1, -0.05) is 24.3 Å². The van der Waals surface area contributed by atoms with Crippen molar-refractivity contribution in [3.63, 3.8) is 0 Å². The fraction of sp³-hybridized carbons (Fsp3) is 0.296. The van der Waals surface area contributed by atoms with Crippen molar-refractivity contribution in [3.05, 3.63) is 89.0 Å². The van der Waals surface area contributed by atoms with E-state index in [1.165, 1.54) is 45.6 Å². The molecule has 0 bridgehead atoms. The lowest BCUT2D eigenvalue weighted by atomic mass is 9.96. The van der Waals surface area contributed by atoms with Crippen LogP contribution in [0.15, 0.2) is 60.7 Å². The normalized spacial score (nSPS) is 14.2. The molecule has 184 valence electrons. The summed E-state index contributed by atoms with van der Waals surface area (Å²) >= 11 is 0. The van der Waals surface area contributed by atoms with E-state index in [4.69, 9.17) is 14.2 Å². The maximum atomic E-state index is 13.6. The fourth-order valence-electron chi connectivity index (χ4n) is 4.45. The van der Waals surface area contributed by atoms with Crippen LogP contribution in [0.1, 0.15) is 27.5 Å². The first-order chi connectivity index (χ1) is 16.9. The van der Waals surface area contributed by atoms with Gasteiger partial charge in [0.25, 0.3) is 5.91 Å². The quantitative estimate of drug-likeness (QED) is 0.495. The van der Waals surface area contributed by atoms with E-state index in [2.05, 4.69) is 4.90 Å². The molecule has 1 aliphatic heterocycles. The average molecular weight is 483 g/mol. The summed E-state index contributed by atoms with van der Waals surface area (Å²) in [6, 6.07) is 15.8. The maximum absolute atomic E-state index is 13.6. The number of carbonyl (C=O) groups is 1. The van der Waals surface area contributed by atoms with Crippen molar-refractivity contribution in [2.45, 2.75) is 6.04 Å². The van der Waals surface area contributed by atoms with Gasteiger partial charge in [-0.05, 0) is 35.4 Å². The van der Waals surface area contributed by atoms with Crippen LogP contribution >= 0.6 is 0 Å². The van der Waals surface area contributed by atoms with Crippen molar-refractivity contribution in [1.82, 2.24) is 9.80 Å². The van der Waals surface area contributed by atoms with E-state index >= 15 is 0 Å². The molecule has 3 aromatic rings. The SMILES string of the molecule is COc1cc(OC)c(C(=O)N2CCN(C(c3ccc(F)cc3)c3ccc(F)cc3)CC2)cc1OC. The van der Waals surface area contributed by atoms with Gasteiger partial charge in [-0.25, -0.2) is 8.78 Å². The number of piperazine rings is 1. The number of methoxy groups -OCH3 is 3. The van der Waals surface area contributed by atoms with Gasteiger partial charge in [0.05, 0.1) is 32.9 Å². The zero-order valence-corrected chi connectivity index (χ0v) is 20.0. The molecule has 6 nitrogen and oxygen atoms in total. The van der Waals surface area contributed by atoms with Crippen LogP contribution in [0.5, 0.6) is 17.2 Å². The van der Waals surface area contributed by atoms with Gasteiger partial charge in [0.2, 0.25) is 0 Å². The lowest BCUT2D eigenvalue weighted by molar-refractivity contribution is 0.0593. The second-order valence-electron chi connectivity index (χ2n) is 8.24. The molecule has 1 aliphatic rings. The highest BCUT2D eigenvalue weighted by molar-refractivity contribution is 5.98. The molecule has 4 rings (SSSR count). The van der Waals surface area contributed by atoms with Crippen molar-refractivity contribution in [2.75, 3.05) is 47.5 Å². The maximum Gasteiger partial charge on any atom is 0.257 e. The number of ether oxygens (including phenoxy) is 3. The minimum absolute atomic E-state index is 0.164. The highest BCUT2D eigenvalue weighted by Crippen LogP contribution is 2.36. The summed E-state index contributed by atoms with van der Waals surface area (Å²) in [4.78, 5) is 17.4. The van der Waals surface area contributed by atoms with Crippen molar-refractivity contribution >= 4 is 5.91 Å². The van der Waals surface area contributed by atoms with E-state index in [1.54, 1.807) is 41.3 Å². The molecule has 0 unspecified atom stereocenters. The first-order valence-electron chi connectivity index (χ1n) is 11.3. The van der Waals surface area contributed by atoms with Crippen molar-refractivity contribution < 1.29 is 27.8 Å². The third kappa shape index (κ3) is 5.22. The third-order valence-corrected chi connectivity index (χ3v) is 6.27. The molecule has 0 aliphatic carbocycles. The zero-order valence-electron chi connectivity index (χ0n) is 20.0. The highest BCUT2D eigenvalue weighted by Gasteiger charge is 2.30. The topological polar surface area (TPSA) is 51.2 Å². The van der Waals surface area contributed by atoms with Crippen molar-refractivity contribution in [2.24, 2.45) is 0 Å². The van der Waals surface area contributed by atoms with Gasteiger partial charge in [0, 0.05) is 38.3 Å². The number of hydrogen-bond acceptors (Lipinski definition) is 5. The van der Waals surface area contributed by atoms with E-state index in [0.717, 1.165) is 11.1 Å². The van der Waals surface area contributed by atoms with E-state index < -0.39 is 0 Å². The highest BCUT2D eigenvalue weighted by atomic mass is 19.1. The van der Waals surface area contributed by atoms with Crippen LogP contribution in [0.25, 0.3) is 0 Å². The Hall–Kier alpha value is -3.65. The molecule has 0 spiro atoms. The van der Waals surface area contributed by atoms with E-state index in [0.29, 0.717) is 49.0 Å². The second kappa shape index (κ2) is 10.7. The van der Waals surface area contributed by atoms with Gasteiger partial charge in [-0.2, -0.15) is 0 Å². The number of benzene rings is 3. The number of rotatable bonds is 7. The molecule has 0 atom stereocenters. The molecule has 1 amide bonds. The van der Waals surface area contributed by atoms with Gasteiger partial charge >= 0.3 is 0 Å². The van der Waals surface area contributed by atoms with Crippen LogP contribution in [-0.2, 0) is 0 Å². The van der Waals surface area contributed by atoms with Gasteiger partial charge in [-0.15, -0.1) is 0 Å². The second-order valence-corrected chi connectivity index (χ2v) is 8.24. The van der Waals surface area contributed by atoms with Crippen LogP contribution in [0.2, 0.25) is 0 Å². The fourth-order valence-corrected chi connectivity index (χ4v) is 4.45. The Morgan fingerprint density at radius 1 is 0.714 bits per heavy atom. The van der Waals surface area contributed by atoms with Gasteiger partial charge < -0.3 is 19.1 Å². The molecule has 1 saturated heterocycles. The van der Waals surface area contributed by atoms with Gasteiger partial charge in [0.15, 0.2) is 11.5 Å². The van der Waals surface area contributed by atoms with E-state index in [9.17, 15) is 13.6 Å². The average Bonchev–Trinajstić information content (AvgIpc) is 2.90. The number of nitrogens with zero attached hydrogens (tertiary/aromatic N) is 2. The summed E-state index contributed by atoms with van der Waals surface area (Å²) in [5, 5.41) is 0. The van der Waals surface area contributed by atoms with Crippen LogP contribution in [0.4, 0.5) is 8.78 Å². The minimum Gasteiger partial charge on any atom is -0.496 e. The van der Waals surface area contributed by atoms with E-state index in [1.807, 2.05) is 0 Å². The standard InChI is InChI=1S/C27H28F2N2O4/c1-33-23-17-25(35-3)24(34-2)16-22(23)27(32)31-14-12-30(13-15-31)26(18-4-8-20(28)9-5-18)19-6-10-21(29)11-7-19/h4-11,16-17,26H,12-15H2,1-3H3. The molecular weight excluding hydrogens is 454 g/mol. The first-order valence-corrected chi connectivity index (χ1v) is 11.3. The predicted molar refractivity (Wildman–Crippen MR) is 128 cm³/mol.